The fourth-order valence-electron chi connectivity index (χ4n) is 1.33. The molecule has 1 N–H and O–H groups in total. The average Bonchev–Trinajstić information content (AvgIpc) is 2.66. The van der Waals surface area contributed by atoms with Crippen LogP contribution in [0.15, 0.2) is 16.7 Å². The second-order valence-electron chi connectivity index (χ2n) is 2.87. The Labute approximate surface area is 92.5 Å². The third-order valence-corrected chi connectivity index (χ3v) is 2.80. The molecule has 0 radical (unpaired) electrons. The number of esters is 1. The van der Waals surface area contributed by atoms with Gasteiger partial charge in [-0.3, -0.25) is 5.10 Å². The number of rotatable bonds is 1. The number of hydrogen-bond donors (Lipinski definition) is 1. The molecular formula is C9H6BrFN2O2. The van der Waals surface area contributed by atoms with E-state index in [2.05, 4.69) is 30.9 Å². The number of H-pyrrole nitrogens is 1. The highest BCUT2D eigenvalue weighted by Crippen LogP contribution is 2.28. The first-order valence-electron chi connectivity index (χ1n) is 4.04. The normalized spacial score (nSPS) is 10.6. The zero-order valence-corrected chi connectivity index (χ0v) is 9.26. The number of nitrogens with one attached hydrogen (secondary N) is 1. The number of nitrogens with zero attached hydrogens (tertiary/aromatic N) is 1. The van der Waals surface area contributed by atoms with Crippen molar-refractivity contribution in [1.29, 1.82) is 0 Å². The van der Waals surface area contributed by atoms with E-state index in [9.17, 15) is 9.18 Å². The lowest BCUT2D eigenvalue weighted by atomic mass is 10.1. The minimum atomic E-state index is -0.604. The standard InChI is InChI=1S/C9H6BrFN2O2/c1-15-9(14)7-4-3-12-13-6(4)2-5(11)8(7)10/h2-3H,1H3,(H,12,13). The minimum Gasteiger partial charge on any atom is -0.465 e. The molecule has 0 saturated heterocycles. The summed E-state index contributed by atoms with van der Waals surface area (Å²) in [5, 5.41) is 6.85. The van der Waals surface area contributed by atoms with E-state index in [1.54, 1.807) is 0 Å². The van der Waals surface area contributed by atoms with Gasteiger partial charge in [0.1, 0.15) is 5.82 Å². The van der Waals surface area contributed by atoms with Crippen molar-refractivity contribution in [3.63, 3.8) is 0 Å². The van der Waals surface area contributed by atoms with Crippen molar-refractivity contribution in [1.82, 2.24) is 10.2 Å². The number of carbonyl (C=O) groups excluding carboxylic acids is 1. The number of fused-ring (bicyclic) bond motifs is 1. The fourth-order valence-corrected chi connectivity index (χ4v) is 1.82. The maximum Gasteiger partial charge on any atom is 0.339 e. The molecule has 78 valence electrons. The Hall–Kier alpha value is -1.43. The Balaban J connectivity index is 2.83. The first kappa shape index (κ1) is 10.1. The molecule has 0 bridgehead atoms. The summed E-state index contributed by atoms with van der Waals surface area (Å²) in [5.41, 5.74) is 0.595. The second kappa shape index (κ2) is 3.62. The van der Waals surface area contributed by atoms with Crippen molar-refractivity contribution < 1.29 is 13.9 Å². The Bertz CT molecular complexity index is 538. The van der Waals surface area contributed by atoms with E-state index < -0.39 is 11.8 Å². The van der Waals surface area contributed by atoms with Gasteiger partial charge in [-0.15, -0.1) is 0 Å². The van der Waals surface area contributed by atoms with Crippen molar-refractivity contribution in [2.45, 2.75) is 0 Å². The lowest BCUT2D eigenvalue weighted by molar-refractivity contribution is 0.0601. The van der Waals surface area contributed by atoms with Gasteiger partial charge in [-0.25, -0.2) is 9.18 Å². The largest absolute Gasteiger partial charge is 0.465 e. The molecule has 0 saturated carbocycles. The minimum absolute atomic E-state index is 0.0863. The lowest BCUT2D eigenvalue weighted by Gasteiger charge is -2.04. The maximum absolute atomic E-state index is 13.4. The summed E-state index contributed by atoms with van der Waals surface area (Å²) in [7, 11) is 1.24. The van der Waals surface area contributed by atoms with Crippen LogP contribution in [0.4, 0.5) is 4.39 Å². The van der Waals surface area contributed by atoms with Gasteiger partial charge in [0.15, 0.2) is 0 Å². The fraction of sp³-hybridized carbons (Fsp3) is 0.111. The molecule has 0 fully saturated rings. The summed E-state index contributed by atoms with van der Waals surface area (Å²) in [6, 6.07) is 1.26. The van der Waals surface area contributed by atoms with E-state index in [1.165, 1.54) is 19.4 Å². The molecule has 1 heterocycles. The van der Waals surface area contributed by atoms with Crippen LogP contribution in [0.2, 0.25) is 0 Å². The van der Waals surface area contributed by atoms with Crippen LogP contribution in [0, 0.1) is 5.82 Å². The first-order valence-corrected chi connectivity index (χ1v) is 4.84. The molecule has 0 aliphatic rings. The molecule has 0 atom stereocenters. The average molecular weight is 273 g/mol. The summed E-state index contributed by atoms with van der Waals surface area (Å²) in [5.74, 6) is -1.14. The molecular weight excluding hydrogens is 267 g/mol. The number of hydrogen-bond acceptors (Lipinski definition) is 3. The summed E-state index contributed by atoms with van der Waals surface area (Å²) in [4.78, 5) is 11.4. The highest BCUT2D eigenvalue weighted by molar-refractivity contribution is 9.10. The molecule has 0 aliphatic carbocycles. The van der Waals surface area contributed by atoms with Gasteiger partial charge < -0.3 is 4.74 Å². The third-order valence-electron chi connectivity index (χ3n) is 2.03. The number of aromatic nitrogens is 2. The predicted octanol–water partition coefficient (Wildman–Crippen LogP) is 2.25. The summed E-state index contributed by atoms with van der Waals surface area (Å²) >= 11 is 3.01. The Kier molecular flexibility index (Phi) is 2.44. The number of carbonyl (C=O) groups is 1. The van der Waals surface area contributed by atoms with E-state index >= 15 is 0 Å². The van der Waals surface area contributed by atoms with Gasteiger partial charge in [0.05, 0.1) is 28.9 Å². The molecule has 0 aliphatic heterocycles. The Morgan fingerprint density at radius 3 is 3.07 bits per heavy atom. The second-order valence-corrected chi connectivity index (χ2v) is 3.66. The molecule has 1 aromatic carbocycles. The zero-order chi connectivity index (χ0) is 11.0. The molecule has 4 nitrogen and oxygen atoms in total. The number of halogens is 2. The number of benzene rings is 1. The van der Waals surface area contributed by atoms with Crippen LogP contribution in [0.5, 0.6) is 0 Å². The van der Waals surface area contributed by atoms with Crippen LogP contribution in [0.1, 0.15) is 10.4 Å². The summed E-state index contributed by atoms with van der Waals surface area (Å²) in [6.45, 7) is 0. The van der Waals surface area contributed by atoms with Crippen LogP contribution in [-0.4, -0.2) is 23.3 Å². The number of methoxy groups -OCH3 is 1. The molecule has 2 rings (SSSR count). The monoisotopic (exact) mass is 272 g/mol. The third kappa shape index (κ3) is 1.50. The van der Waals surface area contributed by atoms with Gasteiger partial charge in [0, 0.05) is 11.5 Å². The predicted molar refractivity (Wildman–Crippen MR) is 55.1 cm³/mol. The van der Waals surface area contributed by atoms with Crippen molar-refractivity contribution in [2.24, 2.45) is 0 Å². The van der Waals surface area contributed by atoms with Gasteiger partial charge in [-0.1, -0.05) is 0 Å². The van der Waals surface area contributed by atoms with E-state index in [0.717, 1.165) is 0 Å². The van der Waals surface area contributed by atoms with E-state index in [0.29, 0.717) is 10.9 Å². The maximum atomic E-state index is 13.4. The van der Waals surface area contributed by atoms with Crippen molar-refractivity contribution >= 4 is 32.8 Å². The Morgan fingerprint density at radius 1 is 1.67 bits per heavy atom. The molecule has 0 amide bonds. The van der Waals surface area contributed by atoms with E-state index in [-0.39, 0.29) is 10.0 Å². The molecule has 2 aromatic rings. The van der Waals surface area contributed by atoms with Crippen LogP contribution in [0.25, 0.3) is 10.9 Å². The van der Waals surface area contributed by atoms with Gasteiger partial charge >= 0.3 is 5.97 Å². The van der Waals surface area contributed by atoms with Crippen molar-refractivity contribution in [3.05, 3.63) is 28.1 Å². The van der Waals surface area contributed by atoms with E-state index in [4.69, 9.17) is 0 Å². The Morgan fingerprint density at radius 2 is 2.40 bits per heavy atom. The van der Waals surface area contributed by atoms with Crippen molar-refractivity contribution in [3.8, 4) is 0 Å². The van der Waals surface area contributed by atoms with Gasteiger partial charge in [-0.05, 0) is 15.9 Å². The molecule has 0 spiro atoms. The molecule has 1 aromatic heterocycles. The zero-order valence-electron chi connectivity index (χ0n) is 7.67. The van der Waals surface area contributed by atoms with Gasteiger partial charge in [0.25, 0.3) is 0 Å². The smallest absolute Gasteiger partial charge is 0.339 e. The van der Waals surface area contributed by atoms with Crippen LogP contribution < -0.4 is 0 Å². The number of ether oxygens (including phenoxy) is 1. The topological polar surface area (TPSA) is 55.0 Å². The molecule has 6 heteroatoms. The first-order chi connectivity index (χ1) is 7.15. The molecule has 0 unspecified atom stereocenters. The van der Waals surface area contributed by atoms with Gasteiger partial charge in [-0.2, -0.15) is 5.10 Å². The number of aromatic amines is 1. The van der Waals surface area contributed by atoms with Crippen molar-refractivity contribution in [2.75, 3.05) is 7.11 Å². The van der Waals surface area contributed by atoms with E-state index in [1.807, 2.05) is 0 Å². The van der Waals surface area contributed by atoms with Crippen LogP contribution in [0.3, 0.4) is 0 Å². The van der Waals surface area contributed by atoms with Crippen LogP contribution in [-0.2, 0) is 4.74 Å². The molecule has 15 heavy (non-hydrogen) atoms. The lowest BCUT2D eigenvalue weighted by Crippen LogP contribution is -2.04. The van der Waals surface area contributed by atoms with Crippen LogP contribution >= 0.6 is 15.9 Å². The SMILES string of the molecule is COC(=O)c1c(Br)c(F)cc2[nH]ncc12. The highest BCUT2D eigenvalue weighted by Gasteiger charge is 2.19. The summed E-state index contributed by atoms with van der Waals surface area (Å²) in [6.07, 6.45) is 1.45. The quantitative estimate of drug-likeness (QED) is 0.811. The highest BCUT2D eigenvalue weighted by atomic mass is 79.9. The van der Waals surface area contributed by atoms with Gasteiger partial charge in [0.2, 0.25) is 0 Å². The summed E-state index contributed by atoms with van der Waals surface area (Å²) < 4.78 is 18.0.